The van der Waals surface area contributed by atoms with E-state index in [0.29, 0.717) is 31.3 Å². The summed E-state index contributed by atoms with van der Waals surface area (Å²) < 4.78 is 11.7. The van der Waals surface area contributed by atoms with Crippen LogP contribution in [0.4, 0.5) is 0 Å². The van der Waals surface area contributed by atoms with E-state index in [2.05, 4.69) is 0 Å². The molecule has 8 heteroatoms. The van der Waals surface area contributed by atoms with Crippen molar-refractivity contribution in [2.75, 3.05) is 0 Å². The lowest BCUT2D eigenvalue weighted by molar-refractivity contribution is -0.279. The summed E-state index contributed by atoms with van der Waals surface area (Å²) in [6.45, 7) is 10.8. The molecular formula is C30H42O8. The lowest BCUT2D eigenvalue weighted by Crippen LogP contribution is -2.74. The smallest absolute Gasteiger partial charge is 0.333 e. The predicted octanol–water partition coefficient (Wildman–Crippen LogP) is 3.02. The maximum absolute atomic E-state index is 13.4. The normalized spacial score (nSPS) is 49.1. The molecule has 8 nitrogen and oxygen atoms in total. The SMILES string of the molecule is CC(=O)O[C@H]1C[C@H]([C@H](C)[C@H]2CC(C)=C(C)C(=O)O2)[C@@]2(C)CC[C@H]3[C@@H](C[C@@H](O)[C@@]4(O)CC=CC(=O)[C@]34C)[C@@]12O. The Morgan fingerprint density at radius 3 is 2.47 bits per heavy atom. The quantitative estimate of drug-likeness (QED) is 0.475. The first-order valence-electron chi connectivity index (χ1n) is 14.0. The van der Waals surface area contributed by atoms with Crippen LogP contribution in [0.15, 0.2) is 23.3 Å². The number of esters is 2. The number of aliphatic hydroxyl groups excluding tert-OH is 1. The topological polar surface area (TPSA) is 130 Å². The molecule has 1 heterocycles. The van der Waals surface area contributed by atoms with Crippen LogP contribution < -0.4 is 0 Å². The molecule has 0 aromatic carbocycles. The first-order chi connectivity index (χ1) is 17.6. The van der Waals surface area contributed by atoms with Crippen LogP contribution in [0, 0.1) is 34.5 Å². The lowest BCUT2D eigenvalue weighted by Gasteiger charge is -2.65. The van der Waals surface area contributed by atoms with Crippen LogP contribution in [0.5, 0.6) is 0 Å². The average Bonchev–Trinajstić information content (AvgIpc) is 3.07. The number of allylic oxidation sites excluding steroid dienone is 1. The van der Waals surface area contributed by atoms with Crippen LogP contribution in [-0.4, -0.2) is 62.6 Å². The Kier molecular flexibility index (Phi) is 6.33. The Balaban J connectivity index is 1.57. The van der Waals surface area contributed by atoms with Gasteiger partial charge in [0, 0.05) is 24.3 Å². The Hall–Kier alpha value is -2.03. The Labute approximate surface area is 224 Å². The van der Waals surface area contributed by atoms with Gasteiger partial charge in [-0.1, -0.05) is 25.5 Å². The molecule has 11 atom stereocenters. The van der Waals surface area contributed by atoms with E-state index in [1.165, 1.54) is 13.0 Å². The molecule has 0 spiro atoms. The fourth-order valence-corrected chi connectivity index (χ4v) is 9.33. The van der Waals surface area contributed by atoms with Gasteiger partial charge in [0.2, 0.25) is 0 Å². The van der Waals surface area contributed by atoms with Gasteiger partial charge >= 0.3 is 11.9 Å². The molecule has 38 heavy (non-hydrogen) atoms. The second kappa shape index (κ2) is 8.73. The second-order valence-corrected chi connectivity index (χ2v) is 13.2. The molecule has 3 N–H and O–H groups in total. The molecule has 0 amide bonds. The molecular weight excluding hydrogens is 488 g/mol. The van der Waals surface area contributed by atoms with Crippen molar-refractivity contribution in [3.05, 3.63) is 23.3 Å². The van der Waals surface area contributed by atoms with Gasteiger partial charge in [0.15, 0.2) is 5.78 Å². The van der Waals surface area contributed by atoms with Crippen LogP contribution in [0.25, 0.3) is 0 Å². The van der Waals surface area contributed by atoms with E-state index >= 15 is 0 Å². The predicted molar refractivity (Wildman–Crippen MR) is 137 cm³/mol. The van der Waals surface area contributed by atoms with Gasteiger partial charge in [-0.3, -0.25) is 9.59 Å². The van der Waals surface area contributed by atoms with Gasteiger partial charge in [0.1, 0.15) is 23.4 Å². The molecule has 5 aliphatic rings. The minimum atomic E-state index is -1.62. The molecule has 3 fully saturated rings. The van der Waals surface area contributed by atoms with E-state index in [0.717, 1.165) is 5.57 Å². The van der Waals surface area contributed by atoms with E-state index in [4.69, 9.17) is 9.47 Å². The van der Waals surface area contributed by atoms with Crippen LogP contribution in [-0.2, 0) is 23.9 Å². The second-order valence-electron chi connectivity index (χ2n) is 13.2. The number of hydrogen-bond donors (Lipinski definition) is 3. The first kappa shape index (κ1) is 27.5. The minimum Gasteiger partial charge on any atom is -0.459 e. The number of fused-ring (bicyclic) bond motifs is 5. The van der Waals surface area contributed by atoms with Crippen molar-refractivity contribution in [1.29, 1.82) is 0 Å². The van der Waals surface area contributed by atoms with Crippen molar-refractivity contribution in [3.63, 3.8) is 0 Å². The number of aliphatic hydroxyl groups is 3. The fourth-order valence-electron chi connectivity index (χ4n) is 9.33. The molecule has 0 aromatic heterocycles. The molecule has 5 rings (SSSR count). The summed E-state index contributed by atoms with van der Waals surface area (Å²) in [6.07, 6.45) is 3.06. The summed E-state index contributed by atoms with van der Waals surface area (Å²) in [6, 6.07) is 0. The van der Waals surface area contributed by atoms with Crippen LogP contribution in [0.2, 0.25) is 0 Å². The van der Waals surface area contributed by atoms with E-state index in [9.17, 15) is 29.7 Å². The minimum absolute atomic E-state index is 0.0995. The number of rotatable bonds is 3. The zero-order valence-corrected chi connectivity index (χ0v) is 23.3. The van der Waals surface area contributed by atoms with E-state index < -0.39 is 52.0 Å². The summed E-state index contributed by atoms with van der Waals surface area (Å²) in [7, 11) is 0. The van der Waals surface area contributed by atoms with Crippen molar-refractivity contribution < 1.29 is 39.2 Å². The molecule has 0 bridgehead atoms. The molecule has 4 aliphatic carbocycles. The molecule has 0 saturated heterocycles. The van der Waals surface area contributed by atoms with Gasteiger partial charge < -0.3 is 24.8 Å². The molecule has 1 aliphatic heterocycles. The molecule has 0 aromatic rings. The van der Waals surface area contributed by atoms with Crippen molar-refractivity contribution in [1.82, 2.24) is 0 Å². The zero-order chi connectivity index (χ0) is 28.0. The van der Waals surface area contributed by atoms with E-state index in [1.54, 1.807) is 19.9 Å². The van der Waals surface area contributed by atoms with Gasteiger partial charge in [-0.25, -0.2) is 4.79 Å². The highest BCUT2D eigenvalue weighted by atomic mass is 16.6. The van der Waals surface area contributed by atoms with Crippen LogP contribution in [0.1, 0.15) is 80.1 Å². The third-order valence-electron chi connectivity index (χ3n) is 11.8. The molecule has 3 saturated carbocycles. The average molecular weight is 531 g/mol. The number of hydrogen-bond acceptors (Lipinski definition) is 8. The fraction of sp³-hybridized carbons (Fsp3) is 0.767. The number of carbonyl (C=O) groups excluding carboxylic acids is 3. The monoisotopic (exact) mass is 530 g/mol. The van der Waals surface area contributed by atoms with E-state index in [-0.39, 0.29) is 42.5 Å². The molecule has 210 valence electrons. The number of ketones is 1. The Bertz CT molecular complexity index is 1130. The maximum atomic E-state index is 13.4. The maximum Gasteiger partial charge on any atom is 0.333 e. The third kappa shape index (κ3) is 3.35. The third-order valence-corrected chi connectivity index (χ3v) is 11.8. The summed E-state index contributed by atoms with van der Waals surface area (Å²) in [5, 5.41) is 35.8. The number of carbonyl (C=O) groups is 3. The first-order valence-corrected chi connectivity index (χ1v) is 14.0. The highest BCUT2D eigenvalue weighted by Crippen LogP contribution is 2.70. The largest absolute Gasteiger partial charge is 0.459 e. The highest BCUT2D eigenvalue weighted by molar-refractivity contribution is 5.97. The summed E-state index contributed by atoms with van der Waals surface area (Å²) in [5.74, 6) is -2.32. The van der Waals surface area contributed by atoms with Crippen LogP contribution in [0.3, 0.4) is 0 Å². The van der Waals surface area contributed by atoms with Crippen molar-refractivity contribution in [2.45, 2.75) is 110 Å². The van der Waals surface area contributed by atoms with Gasteiger partial charge in [-0.2, -0.15) is 0 Å². The van der Waals surface area contributed by atoms with Gasteiger partial charge in [-0.05, 0) is 82.6 Å². The molecule has 0 unspecified atom stereocenters. The summed E-state index contributed by atoms with van der Waals surface area (Å²) in [4.78, 5) is 38.2. The van der Waals surface area contributed by atoms with Gasteiger partial charge in [0.25, 0.3) is 0 Å². The summed E-state index contributed by atoms with van der Waals surface area (Å²) >= 11 is 0. The number of ether oxygens (including phenoxy) is 2. The highest BCUT2D eigenvalue weighted by Gasteiger charge is 2.76. The zero-order valence-electron chi connectivity index (χ0n) is 23.3. The molecule has 0 radical (unpaired) electrons. The summed E-state index contributed by atoms with van der Waals surface area (Å²) in [5.41, 5.74) is -3.54. The Morgan fingerprint density at radius 2 is 1.84 bits per heavy atom. The van der Waals surface area contributed by atoms with Crippen molar-refractivity contribution >= 4 is 17.7 Å². The lowest BCUT2D eigenvalue weighted by atomic mass is 9.41. The standard InChI is InChI=1S/C30H42O8/c1-15-12-22(38-26(34)16(15)2)17(3)20-14-25(37-18(4)31)30(36)21-13-24(33)29(35)10-7-8-23(32)28(29,6)19(21)9-11-27(20,30)5/h7-8,17,19-22,24-25,33,35-36H,9-14H2,1-6H3/t17-,19-,20+,21+,22+,24+,25-,27+,28-,29-,30+/m0/s1. The van der Waals surface area contributed by atoms with Crippen molar-refractivity contribution in [3.8, 4) is 0 Å². The van der Waals surface area contributed by atoms with Crippen LogP contribution >= 0.6 is 0 Å². The number of cyclic esters (lactones) is 1. The van der Waals surface area contributed by atoms with Gasteiger partial charge in [0.05, 0.1) is 11.5 Å². The van der Waals surface area contributed by atoms with E-state index in [1.807, 2.05) is 20.8 Å². The Morgan fingerprint density at radius 1 is 1.16 bits per heavy atom. The van der Waals surface area contributed by atoms with Crippen molar-refractivity contribution in [2.24, 2.45) is 34.5 Å². The van der Waals surface area contributed by atoms with Gasteiger partial charge in [-0.15, -0.1) is 0 Å².